The first kappa shape index (κ1) is 17.3. The maximum absolute atomic E-state index is 13.3. The van der Waals surface area contributed by atoms with Gasteiger partial charge < -0.3 is 14.4 Å². The lowest BCUT2D eigenvalue weighted by Gasteiger charge is -2.47. The molecule has 1 aromatic carbocycles. The van der Waals surface area contributed by atoms with Gasteiger partial charge in [-0.25, -0.2) is 4.39 Å². The molecule has 3 fully saturated rings. The second-order valence-electron chi connectivity index (χ2n) is 7.38. The second kappa shape index (κ2) is 7.25. The van der Waals surface area contributed by atoms with E-state index in [2.05, 4.69) is 0 Å². The lowest BCUT2D eigenvalue weighted by atomic mass is 9.92. The van der Waals surface area contributed by atoms with Crippen LogP contribution in [0.4, 0.5) is 4.39 Å². The van der Waals surface area contributed by atoms with Crippen LogP contribution in [-0.4, -0.2) is 60.3 Å². The standard InChI is InChI=1S/C19H24FNO3S/c20-16-3-1-2-15(8-16)18(22)21-12-19(13-21)9-17(11-25-19)24-10-14-4-6-23-7-5-14/h1-3,8,14,17H,4-7,9-13H2/t17-/m1/s1. The molecule has 1 atom stereocenters. The maximum Gasteiger partial charge on any atom is 0.254 e. The van der Waals surface area contributed by atoms with Crippen molar-refractivity contribution in [2.24, 2.45) is 5.92 Å². The molecule has 0 N–H and O–H groups in total. The van der Waals surface area contributed by atoms with E-state index in [1.807, 2.05) is 16.7 Å². The fourth-order valence-electron chi connectivity index (χ4n) is 3.91. The first-order valence-corrected chi connectivity index (χ1v) is 10.0. The van der Waals surface area contributed by atoms with Gasteiger partial charge in [-0.1, -0.05) is 6.07 Å². The van der Waals surface area contributed by atoms with Gasteiger partial charge >= 0.3 is 0 Å². The fourth-order valence-corrected chi connectivity index (χ4v) is 5.46. The molecular formula is C19H24FNO3S. The number of rotatable bonds is 4. The third kappa shape index (κ3) is 3.86. The van der Waals surface area contributed by atoms with Gasteiger partial charge in [0.2, 0.25) is 0 Å². The average molecular weight is 365 g/mol. The number of carbonyl (C=O) groups is 1. The lowest BCUT2D eigenvalue weighted by Crippen LogP contribution is -2.60. The summed E-state index contributed by atoms with van der Waals surface area (Å²) in [6.07, 6.45) is 3.50. The Bertz CT molecular complexity index is 629. The van der Waals surface area contributed by atoms with Crippen LogP contribution in [0.3, 0.4) is 0 Å². The summed E-state index contributed by atoms with van der Waals surface area (Å²) in [6.45, 7) is 4.02. The first-order valence-electron chi connectivity index (χ1n) is 9.02. The van der Waals surface area contributed by atoms with Crippen LogP contribution in [0.25, 0.3) is 0 Å². The highest BCUT2D eigenvalue weighted by molar-refractivity contribution is 8.01. The van der Waals surface area contributed by atoms with E-state index in [9.17, 15) is 9.18 Å². The predicted molar refractivity (Wildman–Crippen MR) is 95.4 cm³/mol. The molecule has 6 heteroatoms. The SMILES string of the molecule is O=C(c1cccc(F)c1)N1CC2(C[C@@H](OCC3CCOCC3)CS2)C1. The molecule has 1 amide bonds. The summed E-state index contributed by atoms with van der Waals surface area (Å²) in [5.74, 6) is 1.20. The fraction of sp³-hybridized carbons (Fsp3) is 0.632. The Morgan fingerprint density at radius 1 is 1.36 bits per heavy atom. The molecule has 0 radical (unpaired) electrons. The van der Waals surface area contributed by atoms with Crippen molar-refractivity contribution in [2.45, 2.75) is 30.1 Å². The Labute approximate surface area is 152 Å². The van der Waals surface area contributed by atoms with Crippen LogP contribution in [0.5, 0.6) is 0 Å². The van der Waals surface area contributed by atoms with E-state index < -0.39 is 0 Å². The molecule has 0 bridgehead atoms. The monoisotopic (exact) mass is 365 g/mol. The van der Waals surface area contributed by atoms with Crippen LogP contribution in [-0.2, 0) is 9.47 Å². The average Bonchev–Trinajstić information content (AvgIpc) is 3.04. The number of hydrogen-bond donors (Lipinski definition) is 0. The molecule has 136 valence electrons. The zero-order valence-electron chi connectivity index (χ0n) is 14.3. The van der Waals surface area contributed by atoms with E-state index in [1.54, 1.807) is 12.1 Å². The Morgan fingerprint density at radius 3 is 2.92 bits per heavy atom. The van der Waals surface area contributed by atoms with Crippen LogP contribution in [0.1, 0.15) is 29.6 Å². The summed E-state index contributed by atoms with van der Waals surface area (Å²) >= 11 is 1.93. The highest BCUT2D eigenvalue weighted by Gasteiger charge is 2.51. The van der Waals surface area contributed by atoms with Gasteiger partial charge in [0.1, 0.15) is 5.82 Å². The zero-order valence-corrected chi connectivity index (χ0v) is 15.1. The molecule has 3 heterocycles. The molecule has 0 aliphatic carbocycles. The normalized spacial score (nSPS) is 26.0. The predicted octanol–water partition coefficient (Wildman–Crippen LogP) is 2.97. The molecule has 0 saturated carbocycles. The summed E-state index contributed by atoms with van der Waals surface area (Å²) in [5.41, 5.74) is 0.435. The van der Waals surface area contributed by atoms with Gasteiger partial charge in [-0.2, -0.15) is 0 Å². The Hall–Kier alpha value is -1.11. The van der Waals surface area contributed by atoms with Crippen LogP contribution < -0.4 is 0 Å². The summed E-state index contributed by atoms with van der Waals surface area (Å²) in [6, 6.07) is 5.94. The van der Waals surface area contributed by atoms with Crippen molar-refractivity contribution in [3.63, 3.8) is 0 Å². The van der Waals surface area contributed by atoms with Gasteiger partial charge in [-0.05, 0) is 43.4 Å². The van der Waals surface area contributed by atoms with E-state index in [4.69, 9.17) is 9.47 Å². The molecule has 1 spiro atoms. The molecule has 3 saturated heterocycles. The minimum absolute atomic E-state index is 0.0719. The molecule has 0 unspecified atom stereocenters. The third-order valence-corrected chi connectivity index (χ3v) is 6.98. The zero-order chi connectivity index (χ0) is 17.3. The van der Waals surface area contributed by atoms with Crippen molar-refractivity contribution in [3.05, 3.63) is 35.6 Å². The number of likely N-dealkylation sites (tertiary alicyclic amines) is 1. The number of hydrogen-bond acceptors (Lipinski definition) is 4. The van der Waals surface area contributed by atoms with Gasteiger partial charge in [0.25, 0.3) is 5.91 Å². The molecular weight excluding hydrogens is 341 g/mol. The van der Waals surface area contributed by atoms with Crippen molar-refractivity contribution in [3.8, 4) is 0 Å². The van der Waals surface area contributed by atoms with Gasteiger partial charge in [0.15, 0.2) is 0 Å². The van der Waals surface area contributed by atoms with Crippen LogP contribution in [0.15, 0.2) is 24.3 Å². The lowest BCUT2D eigenvalue weighted by molar-refractivity contribution is -0.0118. The molecule has 4 nitrogen and oxygen atoms in total. The van der Waals surface area contributed by atoms with Gasteiger partial charge in [0, 0.05) is 44.2 Å². The van der Waals surface area contributed by atoms with Crippen molar-refractivity contribution in [1.29, 1.82) is 0 Å². The minimum atomic E-state index is -0.363. The van der Waals surface area contributed by atoms with Gasteiger partial charge in [-0.15, -0.1) is 11.8 Å². The molecule has 25 heavy (non-hydrogen) atoms. The smallest absolute Gasteiger partial charge is 0.254 e. The molecule has 1 aromatic rings. The van der Waals surface area contributed by atoms with Gasteiger partial charge in [0.05, 0.1) is 10.9 Å². The van der Waals surface area contributed by atoms with Gasteiger partial charge in [-0.3, -0.25) is 4.79 Å². The Kier molecular flexibility index (Phi) is 5.02. The summed E-state index contributed by atoms with van der Waals surface area (Å²) in [7, 11) is 0. The quantitative estimate of drug-likeness (QED) is 0.822. The highest BCUT2D eigenvalue weighted by Crippen LogP contribution is 2.46. The van der Waals surface area contributed by atoms with Crippen LogP contribution >= 0.6 is 11.8 Å². The Balaban J connectivity index is 1.25. The molecule has 0 aromatic heterocycles. The number of thioether (sulfide) groups is 1. The summed E-state index contributed by atoms with van der Waals surface area (Å²) in [5, 5.41) is 0. The molecule has 3 aliphatic heterocycles. The number of carbonyl (C=O) groups excluding carboxylic acids is 1. The molecule has 4 rings (SSSR count). The topological polar surface area (TPSA) is 38.8 Å². The number of ether oxygens (including phenoxy) is 2. The number of nitrogens with zero attached hydrogens (tertiary/aromatic N) is 1. The Morgan fingerprint density at radius 2 is 2.16 bits per heavy atom. The number of benzene rings is 1. The minimum Gasteiger partial charge on any atom is -0.381 e. The number of amides is 1. The van der Waals surface area contributed by atoms with E-state index in [0.29, 0.717) is 17.6 Å². The summed E-state index contributed by atoms with van der Waals surface area (Å²) in [4.78, 5) is 14.3. The van der Waals surface area contributed by atoms with Crippen LogP contribution in [0.2, 0.25) is 0 Å². The van der Waals surface area contributed by atoms with Crippen molar-refractivity contribution < 1.29 is 18.7 Å². The maximum atomic E-state index is 13.3. The number of halogens is 1. The van der Waals surface area contributed by atoms with E-state index in [0.717, 1.165) is 57.9 Å². The van der Waals surface area contributed by atoms with Crippen molar-refractivity contribution >= 4 is 17.7 Å². The third-order valence-electron chi connectivity index (χ3n) is 5.40. The van der Waals surface area contributed by atoms with E-state index >= 15 is 0 Å². The second-order valence-corrected chi connectivity index (χ2v) is 8.87. The van der Waals surface area contributed by atoms with Crippen molar-refractivity contribution in [2.75, 3.05) is 38.7 Å². The van der Waals surface area contributed by atoms with E-state index in [1.165, 1.54) is 12.1 Å². The van der Waals surface area contributed by atoms with Crippen molar-refractivity contribution in [1.82, 2.24) is 4.90 Å². The van der Waals surface area contributed by atoms with E-state index in [-0.39, 0.29) is 16.5 Å². The largest absolute Gasteiger partial charge is 0.381 e. The van der Waals surface area contributed by atoms with Crippen LogP contribution in [0, 0.1) is 11.7 Å². The highest BCUT2D eigenvalue weighted by atomic mass is 32.2. The first-order chi connectivity index (χ1) is 12.1. The summed E-state index contributed by atoms with van der Waals surface area (Å²) < 4.78 is 25.0. The molecule has 3 aliphatic rings.